The molecule has 0 saturated heterocycles. The number of fused-ring (bicyclic) bond motifs is 1. The SMILES string of the molecule is CCNCc1ccc(N2CCc3ccccc3C2)cc1. The van der Waals surface area contributed by atoms with Gasteiger partial charge in [-0.05, 0) is 41.8 Å². The number of nitrogens with one attached hydrogen (secondary N) is 1. The maximum atomic E-state index is 3.36. The van der Waals surface area contributed by atoms with Crippen molar-refractivity contribution in [2.75, 3.05) is 18.0 Å². The van der Waals surface area contributed by atoms with Crippen LogP contribution in [0.2, 0.25) is 0 Å². The lowest BCUT2D eigenvalue weighted by Gasteiger charge is -2.30. The summed E-state index contributed by atoms with van der Waals surface area (Å²) in [4.78, 5) is 2.47. The predicted octanol–water partition coefficient (Wildman–Crippen LogP) is 3.36. The molecule has 0 aromatic heterocycles. The van der Waals surface area contributed by atoms with Crippen molar-refractivity contribution < 1.29 is 0 Å². The van der Waals surface area contributed by atoms with Crippen molar-refractivity contribution in [2.24, 2.45) is 0 Å². The minimum atomic E-state index is 0.958. The molecule has 0 fully saturated rings. The Morgan fingerprint density at radius 2 is 1.75 bits per heavy atom. The highest BCUT2D eigenvalue weighted by atomic mass is 15.1. The van der Waals surface area contributed by atoms with E-state index >= 15 is 0 Å². The minimum Gasteiger partial charge on any atom is -0.367 e. The lowest BCUT2D eigenvalue weighted by Crippen LogP contribution is -2.30. The fourth-order valence-electron chi connectivity index (χ4n) is 2.81. The van der Waals surface area contributed by atoms with E-state index in [1.165, 1.54) is 22.4 Å². The minimum absolute atomic E-state index is 0.958. The van der Waals surface area contributed by atoms with Gasteiger partial charge in [0, 0.05) is 25.3 Å². The fourth-order valence-corrected chi connectivity index (χ4v) is 2.81. The van der Waals surface area contributed by atoms with Crippen LogP contribution in [0.5, 0.6) is 0 Å². The molecule has 0 bridgehead atoms. The highest BCUT2D eigenvalue weighted by Crippen LogP contribution is 2.24. The van der Waals surface area contributed by atoms with Gasteiger partial charge in [0.25, 0.3) is 0 Å². The van der Waals surface area contributed by atoms with Crippen LogP contribution in [0.15, 0.2) is 48.5 Å². The molecule has 3 rings (SSSR count). The van der Waals surface area contributed by atoms with E-state index in [0.717, 1.165) is 32.6 Å². The third-order valence-corrected chi connectivity index (χ3v) is 4.01. The molecule has 0 amide bonds. The summed E-state index contributed by atoms with van der Waals surface area (Å²) in [5.74, 6) is 0. The molecule has 0 saturated carbocycles. The van der Waals surface area contributed by atoms with Crippen LogP contribution < -0.4 is 10.2 Å². The predicted molar refractivity (Wildman–Crippen MR) is 85.0 cm³/mol. The van der Waals surface area contributed by atoms with Gasteiger partial charge in [0.1, 0.15) is 0 Å². The van der Waals surface area contributed by atoms with Gasteiger partial charge in [-0.1, -0.05) is 43.3 Å². The van der Waals surface area contributed by atoms with Gasteiger partial charge in [-0.2, -0.15) is 0 Å². The van der Waals surface area contributed by atoms with Crippen molar-refractivity contribution in [3.63, 3.8) is 0 Å². The molecule has 2 aromatic rings. The maximum absolute atomic E-state index is 3.36. The van der Waals surface area contributed by atoms with Crippen LogP contribution >= 0.6 is 0 Å². The number of anilines is 1. The highest BCUT2D eigenvalue weighted by molar-refractivity contribution is 5.50. The normalized spacial score (nSPS) is 14.2. The molecule has 0 radical (unpaired) electrons. The second-order valence-corrected chi connectivity index (χ2v) is 5.39. The molecule has 1 N–H and O–H groups in total. The molecule has 0 atom stereocenters. The highest BCUT2D eigenvalue weighted by Gasteiger charge is 2.15. The molecule has 104 valence electrons. The molecular weight excluding hydrogens is 244 g/mol. The molecule has 0 unspecified atom stereocenters. The summed E-state index contributed by atoms with van der Waals surface area (Å²) in [6.07, 6.45) is 1.15. The van der Waals surface area contributed by atoms with E-state index in [1.807, 2.05) is 0 Å². The number of benzene rings is 2. The van der Waals surface area contributed by atoms with E-state index in [4.69, 9.17) is 0 Å². The van der Waals surface area contributed by atoms with Crippen molar-refractivity contribution >= 4 is 5.69 Å². The Labute approximate surface area is 121 Å². The molecule has 20 heavy (non-hydrogen) atoms. The lowest BCUT2D eigenvalue weighted by molar-refractivity contribution is 0.722. The van der Waals surface area contributed by atoms with Gasteiger partial charge < -0.3 is 10.2 Å². The first kappa shape index (κ1) is 13.2. The summed E-state index contributed by atoms with van der Waals surface area (Å²) >= 11 is 0. The summed E-state index contributed by atoms with van der Waals surface area (Å²) in [7, 11) is 0. The van der Waals surface area contributed by atoms with Gasteiger partial charge in [-0.15, -0.1) is 0 Å². The zero-order valence-electron chi connectivity index (χ0n) is 12.1. The van der Waals surface area contributed by atoms with Gasteiger partial charge in [0.15, 0.2) is 0 Å². The van der Waals surface area contributed by atoms with Gasteiger partial charge >= 0.3 is 0 Å². The van der Waals surface area contributed by atoms with Crippen LogP contribution in [-0.2, 0) is 19.5 Å². The summed E-state index contributed by atoms with van der Waals surface area (Å²) in [6, 6.07) is 17.8. The quantitative estimate of drug-likeness (QED) is 0.913. The van der Waals surface area contributed by atoms with Gasteiger partial charge in [-0.25, -0.2) is 0 Å². The van der Waals surface area contributed by atoms with Crippen molar-refractivity contribution in [3.8, 4) is 0 Å². The maximum Gasteiger partial charge on any atom is 0.0432 e. The average Bonchev–Trinajstić information content (AvgIpc) is 2.53. The Kier molecular flexibility index (Phi) is 4.03. The second kappa shape index (κ2) is 6.10. The van der Waals surface area contributed by atoms with Crippen molar-refractivity contribution in [2.45, 2.75) is 26.4 Å². The molecule has 0 spiro atoms. The standard InChI is InChI=1S/C18H22N2/c1-2-19-13-15-7-9-18(10-8-15)20-12-11-16-5-3-4-6-17(16)14-20/h3-10,19H,2,11-14H2,1H3. The number of nitrogens with zero attached hydrogens (tertiary/aromatic N) is 1. The van der Waals surface area contributed by atoms with Crippen LogP contribution in [-0.4, -0.2) is 13.1 Å². The average molecular weight is 266 g/mol. The van der Waals surface area contributed by atoms with Crippen LogP contribution in [0.3, 0.4) is 0 Å². The zero-order chi connectivity index (χ0) is 13.8. The van der Waals surface area contributed by atoms with E-state index in [2.05, 4.69) is 65.7 Å². The molecule has 1 aliphatic heterocycles. The zero-order valence-corrected chi connectivity index (χ0v) is 12.1. The molecule has 2 aromatic carbocycles. The summed E-state index contributed by atoms with van der Waals surface area (Å²) in [6.45, 7) is 6.26. The number of hydrogen-bond acceptors (Lipinski definition) is 2. The van der Waals surface area contributed by atoms with Crippen LogP contribution in [0.4, 0.5) is 5.69 Å². The van der Waals surface area contributed by atoms with Gasteiger partial charge in [0.2, 0.25) is 0 Å². The second-order valence-electron chi connectivity index (χ2n) is 5.39. The number of rotatable bonds is 4. The Morgan fingerprint density at radius 1 is 1.00 bits per heavy atom. The Balaban J connectivity index is 1.71. The molecule has 1 heterocycles. The largest absolute Gasteiger partial charge is 0.367 e. The summed E-state index contributed by atoms with van der Waals surface area (Å²) < 4.78 is 0. The van der Waals surface area contributed by atoms with E-state index in [1.54, 1.807) is 0 Å². The van der Waals surface area contributed by atoms with Crippen molar-refractivity contribution in [3.05, 3.63) is 65.2 Å². The third kappa shape index (κ3) is 2.86. The van der Waals surface area contributed by atoms with E-state index in [0.29, 0.717) is 0 Å². The van der Waals surface area contributed by atoms with Gasteiger partial charge in [0.05, 0.1) is 0 Å². The lowest BCUT2D eigenvalue weighted by atomic mass is 9.99. The van der Waals surface area contributed by atoms with Crippen LogP contribution in [0, 0.1) is 0 Å². The topological polar surface area (TPSA) is 15.3 Å². The van der Waals surface area contributed by atoms with Crippen LogP contribution in [0.1, 0.15) is 23.6 Å². The molecule has 1 aliphatic rings. The van der Waals surface area contributed by atoms with E-state index < -0.39 is 0 Å². The summed E-state index contributed by atoms with van der Waals surface area (Å²) in [5, 5.41) is 3.36. The Bertz CT molecular complexity index is 560. The molecule has 2 heteroatoms. The molecular formula is C18H22N2. The smallest absolute Gasteiger partial charge is 0.0432 e. The molecule has 2 nitrogen and oxygen atoms in total. The number of hydrogen-bond donors (Lipinski definition) is 1. The summed E-state index contributed by atoms with van der Waals surface area (Å²) in [5.41, 5.74) is 5.66. The third-order valence-electron chi connectivity index (χ3n) is 4.01. The first-order valence-corrected chi connectivity index (χ1v) is 7.48. The molecule has 0 aliphatic carbocycles. The van der Waals surface area contributed by atoms with Crippen LogP contribution in [0.25, 0.3) is 0 Å². The Hall–Kier alpha value is -1.80. The first-order chi connectivity index (χ1) is 9.86. The van der Waals surface area contributed by atoms with E-state index in [-0.39, 0.29) is 0 Å². The monoisotopic (exact) mass is 266 g/mol. The van der Waals surface area contributed by atoms with E-state index in [9.17, 15) is 0 Å². The van der Waals surface area contributed by atoms with Crippen molar-refractivity contribution in [1.29, 1.82) is 0 Å². The van der Waals surface area contributed by atoms with Gasteiger partial charge in [-0.3, -0.25) is 0 Å². The Morgan fingerprint density at radius 3 is 2.50 bits per heavy atom. The van der Waals surface area contributed by atoms with Crippen molar-refractivity contribution in [1.82, 2.24) is 5.32 Å². The first-order valence-electron chi connectivity index (χ1n) is 7.48. The fraction of sp³-hybridized carbons (Fsp3) is 0.333.